The van der Waals surface area contributed by atoms with Crippen LogP contribution >= 0.6 is 11.6 Å². The van der Waals surface area contributed by atoms with Gasteiger partial charge in [-0.3, -0.25) is 15.6 Å². The monoisotopic (exact) mass is 308 g/mol. The minimum atomic E-state index is -0.0634. The molecule has 2 atom stereocenters. The Balaban J connectivity index is 1.73. The Hall–Kier alpha value is -1.43. The number of hydrazone groups is 1. The van der Waals surface area contributed by atoms with Gasteiger partial charge in [0.15, 0.2) is 0 Å². The molecule has 1 saturated heterocycles. The van der Waals surface area contributed by atoms with Crippen molar-refractivity contribution in [2.75, 3.05) is 0 Å². The van der Waals surface area contributed by atoms with E-state index in [1.54, 1.807) is 18.3 Å². The fourth-order valence-electron chi connectivity index (χ4n) is 2.49. The Labute approximate surface area is 130 Å². The minimum absolute atomic E-state index is 0.0634. The van der Waals surface area contributed by atoms with Gasteiger partial charge in [0.2, 0.25) is 5.91 Å². The Morgan fingerprint density at radius 1 is 1.29 bits per heavy atom. The second-order valence-electron chi connectivity index (χ2n) is 5.41. The van der Waals surface area contributed by atoms with Crippen LogP contribution in [-0.4, -0.2) is 24.2 Å². The van der Waals surface area contributed by atoms with Crippen LogP contribution in [0.1, 0.15) is 32.3 Å². The van der Waals surface area contributed by atoms with E-state index in [0.29, 0.717) is 29.4 Å². The van der Waals surface area contributed by atoms with Gasteiger partial charge >= 0.3 is 0 Å². The number of nitrogens with zero attached hydrogens (tertiary/aromatic N) is 1. The van der Waals surface area contributed by atoms with Crippen LogP contribution in [0.25, 0.3) is 0 Å². The summed E-state index contributed by atoms with van der Waals surface area (Å²) in [6.45, 7) is 4.25. The van der Waals surface area contributed by atoms with Crippen molar-refractivity contribution >= 4 is 23.7 Å². The lowest BCUT2D eigenvalue weighted by atomic mass is 9.91. The highest BCUT2D eigenvalue weighted by Crippen LogP contribution is 2.19. The highest BCUT2D eigenvalue weighted by molar-refractivity contribution is 6.30. The van der Waals surface area contributed by atoms with Crippen molar-refractivity contribution in [3.05, 3.63) is 34.9 Å². The Bertz CT molecular complexity index is 493. The van der Waals surface area contributed by atoms with Gasteiger partial charge in [0.1, 0.15) is 0 Å². The molecule has 2 rings (SSSR count). The standard InChI is InChI=1S/C15H21ClN4O/c1-10-14(11(2)19-18-10)7-8-15(21)20-17-9-12-3-5-13(16)6-4-12/h3-6,9-11,14,18-19H,7-8H2,1-2H3,(H,20,21)/b17-9+. The van der Waals surface area contributed by atoms with Gasteiger partial charge in [-0.2, -0.15) is 5.10 Å². The molecule has 1 aliphatic heterocycles. The van der Waals surface area contributed by atoms with E-state index >= 15 is 0 Å². The molecule has 21 heavy (non-hydrogen) atoms. The van der Waals surface area contributed by atoms with Gasteiger partial charge in [0.05, 0.1) is 6.21 Å². The molecule has 0 spiro atoms. The van der Waals surface area contributed by atoms with Gasteiger partial charge in [-0.05, 0) is 43.9 Å². The van der Waals surface area contributed by atoms with Crippen molar-refractivity contribution in [3.63, 3.8) is 0 Å². The van der Waals surface area contributed by atoms with Gasteiger partial charge in [0, 0.05) is 23.5 Å². The molecular weight excluding hydrogens is 288 g/mol. The highest BCUT2D eigenvalue weighted by Gasteiger charge is 2.29. The molecule has 5 nitrogen and oxygen atoms in total. The summed E-state index contributed by atoms with van der Waals surface area (Å²) in [4.78, 5) is 11.8. The van der Waals surface area contributed by atoms with Crippen LogP contribution in [0.3, 0.4) is 0 Å². The number of halogens is 1. The fraction of sp³-hybridized carbons (Fsp3) is 0.467. The minimum Gasteiger partial charge on any atom is -0.273 e. The van der Waals surface area contributed by atoms with Gasteiger partial charge in [-0.25, -0.2) is 5.43 Å². The van der Waals surface area contributed by atoms with Crippen LogP contribution in [0, 0.1) is 5.92 Å². The molecule has 0 aliphatic carbocycles. The first-order valence-corrected chi connectivity index (χ1v) is 7.52. The lowest BCUT2D eigenvalue weighted by molar-refractivity contribution is -0.121. The van der Waals surface area contributed by atoms with Crippen LogP contribution in [-0.2, 0) is 4.79 Å². The van der Waals surface area contributed by atoms with Crippen LogP contribution in [0.4, 0.5) is 0 Å². The molecule has 2 unspecified atom stereocenters. The summed E-state index contributed by atoms with van der Waals surface area (Å²) >= 11 is 5.80. The zero-order valence-electron chi connectivity index (χ0n) is 12.3. The zero-order chi connectivity index (χ0) is 15.2. The molecule has 1 aromatic rings. The Morgan fingerprint density at radius 2 is 1.90 bits per heavy atom. The predicted molar refractivity (Wildman–Crippen MR) is 85.1 cm³/mol. The molecule has 6 heteroatoms. The molecule has 1 amide bonds. The van der Waals surface area contributed by atoms with Gasteiger partial charge in [-0.1, -0.05) is 23.7 Å². The largest absolute Gasteiger partial charge is 0.273 e. The number of rotatable bonds is 5. The van der Waals surface area contributed by atoms with Crippen molar-refractivity contribution < 1.29 is 4.79 Å². The van der Waals surface area contributed by atoms with Crippen molar-refractivity contribution in [3.8, 4) is 0 Å². The van der Waals surface area contributed by atoms with E-state index in [9.17, 15) is 4.79 Å². The summed E-state index contributed by atoms with van der Waals surface area (Å²) in [6, 6.07) is 8.02. The second-order valence-corrected chi connectivity index (χ2v) is 5.85. The summed E-state index contributed by atoms with van der Waals surface area (Å²) in [5, 5.41) is 4.63. The number of hydrazine groups is 1. The highest BCUT2D eigenvalue weighted by atomic mass is 35.5. The molecule has 0 saturated carbocycles. The van der Waals surface area contributed by atoms with E-state index in [0.717, 1.165) is 12.0 Å². The number of benzene rings is 1. The number of nitrogens with one attached hydrogen (secondary N) is 3. The number of amides is 1. The van der Waals surface area contributed by atoms with E-state index in [1.807, 2.05) is 12.1 Å². The van der Waals surface area contributed by atoms with Crippen molar-refractivity contribution in [2.45, 2.75) is 38.8 Å². The molecule has 0 radical (unpaired) electrons. The summed E-state index contributed by atoms with van der Waals surface area (Å²) in [5.74, 6) is 0.391. The molecular formula is C15H21ClN4O. The average molecular weight is 309 g/mol. The quantitative estimate of drug-likeness (QED) is 0.576. The lowest BCUT2D eigenvalue weighted by Gasteiger charge is -2.16. The molecule has 0 aromatic heterocycles. The smallest absolute Gasteiger partial charge is 0.240 e. The van der Waals surface area contributed by atoms with E-state index in [2.05, 4.69) is 35.2 Å². The maximum atomic E-state index is 11.8. The lowest BCUT2D eigenvalue weighted by Crippen LogP contribution is -2.30. The topological polar surface area (TPSA) is 65.5 Å². The Kier molecular flexibility index (Phi) is 5.73. The van der Waals surface area contributed by atoms with Crippen LogP contribution in [0.5, 0.6) is 0 Å². The first-order valence-electron chi connectivity index (χ1n) is 7.15. The number of carbonyl (C=O) groups excluding carboxylic acids is 1. The molecule has 1 aromatic carbocycles. The third-order valence-corrected chi connectivity index (χ3v) is 4.05. The predicted octanol–water partition coefficient (Wildman–Crippen LogP) is 2.07. The van der Waals surface area contributed by atoms with Crippen LogP contribution in [0.2, 0.25) is 5.02 Å². The van der Waals surface area contributed by atoms with E-state index < -0.39 is 0 Å². The first-order chi connectivity index (χ1) is 10.1. The van der Waals surface area contributed by atoms with E-state index in [4.69, 9.17) is 11.6 Å². The third kappa shape index (κ3) is 4.81. The number of hydrogen-bond donors (Lipinski definition) is 3. The molecule has 3 N–H and O–H groups in total. The van der Waals surface area contributed by atoms with Crippen LogP contribution < -0.4 is 16.3 Å². The third-order valence-electron chi connectivity index (χ3n) is 3.80. The Morgan fingerprint density at radius 3 is 2.52 bits per heavy atom. The summed E-state index contributed by atoms with van der Waals surface area (Å²) < 4.78 is 0. The summed E-state index contributed by atoms with van der Waals surface area (Å²) in [6.07, 6.45) is 2.92. The van der Waals surface area contributed by atoms with Gasteiger partial charge < -0.3 is 0 Å². The SMILES string of the molecule is CC1NNC(C)C1CCC(=O)N/N=C/c1ccc(Cl)cc1. The zero-order valence-corrected chi connectivity index (χ0v) is 13.0. The molecule has 1 fully saturated rings. The molecule has 1 heterocycles. The van der Waals surface area contributed by atoms with Crippen molar-refractivity contribution in [1.29, 1.82) is 0 Å². The normalized spacial score (nSPS) is 25.4. The molecule has 1 aliphatic rings. The van der Waals surface area contributed by atoms with Gasteiger partial charge in [-0.15, -0.1) is 0 Å². The maximum Gasteiger partial charge on any atom is 0.240 e. The summed E-state index contributed by atoms with van der Waals surface area (Å²) in [7, 11) is 0. The van der Waals surface area contributed by atoms with Crippen molar-refractivity contribution in [2.24, 2.45) is 11.0 Å². The fourth-order valence-corrected chi connectivity index (χ4v) is 2.62. The number of hydrogen-bond acceptors (Lipinski definition) is 4. The van der Waals surface area contributed by atoms with Gasteiger partial charge in [0.25, 0.3) is 0 Å². The number of carbonyl (C=O) groups is 1. The maximum absolute atomic E-state index is 11.8. The summed E-state index contributed by atoms with van der Waals surface area (Å²) in [5.41, 5.74) is 9.83. The average Bonchev–Trinajstić information content (AvgIpc) is 2.78. The van der Waals surface area contributed by atoms with E-state index in [-0.39, 0.29) is 5.91 Å². The second kappa shape index (κ2) is 7.54. The van der Waals surface area contributed by atoms with Crippen molar-refractivity contribution in [1.82, 2.24) is 16.3 Å². The van der Waals surface area contributed by atoms with Crippen LogP contribution in [0.15, 0.2) is 29.4 Å². The molecule has 114 valence electrons. The van der Waals surface area contributed by atoms with E-state index in [1.165, 1.54) is 0 Å². The first kappa shape index (κ1) is 15.9. The molecule has 0 bridgehead atoms.